The molecule has 1 fully saturated rings. The minimum absolute atomic E-state index is 0.100. The lowest BCUT2D eigenvalue weighted by atomic mass is 10.1. The lowest BCUT2D eigenvalue weighted by Crippen LogP contribution is -2.30. The van der Waals surface area contributed by atoms with Gasteiger partial charge in [-0.25, -0.2) is 28.1 Å². The fourth-order valence-corrected chi connectivity index (χ4v) is 5.20. The number of anilines is 1. The van der Waals surface area contributed by atoms with Gasteiger partial charge in [0, 0.05) is 45.2 Å². The van der Waals surface area contributed by atoms with Crippen LogP contribution < -0.4 is 9.62 Å². The third-order valence-electron chi connectivity index (χ3n) is 6.24. The quantitative estimate of drug-likeness (QED) is 0.432. The van der Waals surface area contributed by atoms with Crippen LogP contribution in [-0.2, 0) is 21.4 Å². The van der Waals surface area contributed by atoms with Crippen LogP contribution in [0.25, 0.3) is 22.3 Å². The first-order valence-corrected chi connectivity index (χ1v) is 13.1. The van der Waals surface area contributed by atoms with Gasteiger partial charge in [-0.2, -0.15) is 0 Å². The Morgan fingerprint density at radius 1 is 0.944 bits per heavy atom. The predicted molar refractivity (Wildman–Crippen MR) is 138 cm³/mol. The van der Waals surface area contributed by atoms with Crippen molar-refractivity contribution in [3.05, 3.63) is 78.6 Å². The van der Waals surface area contributed by atoms with Crippen LogP contribution in [0.15, 0.2) is 78.0 Å². The summed E-state index contributed by atoms with van der Waals surface area (Å²) in [7, 11) is -1.92. The number of pyridine rings is 1. The number of benzene rings is 2. The Kier molecular flexibility index (Phi) is 6.62. The summed E-state index contributed by atoms with van der Waals surface area (Å²) in [6.07, 6.45) is 1.90. The molecule has 1 amide bonds. The van der Waals surface area contributed by atoms with Gasteiger partial charge >= 0.3 is 0 Å². The molecule has 1 aliphatic heterocycles. The van der Waals surface area contributed by atoms with Crippen LogP contribution in [0.5, 0.6) is 0 Å². The zero-order valence-corrected chi connectivity index (χ0v) is 20.6. The highest BCUT2D eigenvalue weighted by molar-refractivity contribution is 7.89. The van der Waals surface area contributed by atoms with Gasteiger partial charge in [0.15, 0.2) is 5.82 Å². The van der Waals surface area contributed by atoms with Crippen LogP contribution in [0.4, 0.5) is 5.82 Å². The first-order valence-electron chi connectivity index (χ1n) is 11.7. The van der Waals surface area contributed by atoms with Crippen LogP contribution in [0.2, 0.25) is 0 Å². The number of rotatable bonds is 6. The molecule has 2 aromatic heterocycles. The molecule has 0 aliphatic carbocycles. The molecule has 1 aliphatic rings. The second-order valence-electron chi connectivity index (χ2n) is 8.65. The van der Waals surface area contributed by atoms with E-state index in [2.05, 4.69) is 19.6 Å². The molecule has 0 atom stereocenters. The Balaban J connectivity index is 1.45. The van der Waals surface area contributed by atoms with Crippen LogP contribution >= 0.6 is 0 Å². The highest BCUT2D eigenvalue weighted by atomic mass is 32.2. The molecule has 1 N–H and O–H groups in total. The smallest absolute Gasteiger partial charge is 0.240 e. The average Bonchev–Trinajstić information content (AvgIpc) is 3.08. The van der Waals surface area contributed by atoms with Gasteiger partial charge < -0.3 is 9.80 Å². The lowest BCUT2D eigenvalue weighted by Gasteiger charge is -2.22. The van der Waals surface area contributed by atoms with E-state index in [1.54, 1.807) is 30.1 Å². The molecule has 0 spiro atoms. The maximum Gasteiger partial charge on any atom is 0.240 e. The second kappa shape index (κ2) is 10.00. The fourth-order valence-electron chi connectivity index (χ4n) is 4.14. The van der Waals surface area contributed by atoms with Gasteiger partial charge in [-0.15, -0.1) is 0 Å². The van der Waals surface area contributed by atoms with E-state index in [1.165, 1.54) is 6.33 Å². The maximum absolute atomic E-state index is 13.0. The number of nitrogens with zero attached hydrogens (tertiary/aromatic N) is 5. The van der Waals surface area contributed by atoms with E-state index in [4.69, 9.17) is 4.98 Å². The summed E-state index contributed by atoms with van der Waals surface area (Å²) in [6, 6.07) is 19.8. The fraction of sp³-hybridized carbons (Fsp3) is 0.231. The van der Waals surface area contributed by atoms with Gasteiger partial charge in [0.1, 0.15) is 11.8 Å². The van der Waals surface area contributed by atoms with E-state index in [9.17, 15) is 13.2 Å². The normalized spacial score (nSPS) is 14.8. The average molecular weight is 503 g/mol. The van der Waals surface area contributed by atoms with Crippen LogP contribution in [-0.4, -0.2) is 60.9 Å². The predicted octanol–water partition coefficient (Wildman–Crippen LogP) is 2.84. The molecule has 0 radical (unpaired) electrons. The van der Waals surface area contributed by atoms with Crippen molar-refractivity contribution in [2.45, 2.75) is 17.9 Å². The van der Waals surface area contributed by atoms with Crippen LogP contribution in [0, 0.1) is 0 Å². The van der Waals surface area contributed by atoms with E-state index in [-0.39, 0.29) is 17.3 Å². The van der Waals surface area contributed by atoms with Gasteiger partial charge in [-0.1, -0.05) is 42.5 Å². The summed E-state index contributed by atoms with van der Waals surface area (Å²) < 4.78 is 28.6. The first-order chi connectivity index (χ1) is 17.4. The summed E-state index contributed by atoms with van der Waals surface area (Å²) in [5.74, 6) is 0.765. The molecule has 10 heteroatoms. The van der Waals surface area contributed by atoms with Crippen molar-refractivity contribution in [2.24, 2.45) is 0 Å². The number of carbonyl (C=O) groups is 1. The van der Waals surface area contributed by atoms with Crippen LogP contribution in [0.3, 0.4) is 0 Å². The van der Waals surface area contributed by atoms with Crippen molar-refractivity contribution >= 4 is 32.8 Å². The van der Waals surface area contributed by atoms with Gasteiger partial charge in [0.25, 0.3) is 0 Å². The second-order valence-corrected chi connectivity index (χ2v) is 10.4. The topological polar surface area (TPSA) is 108 Å². The summed E-state index contributed by atoms with van der Waals surface area (Å²) in [5.41, 5.74) is 3.45. The third-order valence-corrected chi connectivity index (χ3v) is 7.64. The molecular formula is C26H26N6O3S. The molecule has 1 saturated heterocycles. The van der Waals surface area contributed by atoms with Crippen LogP contribution in [0.1, 0.15) is 12.0 Å². The van der Waals surface area contributed by atoms with Crippen molar-refractivity contribution in [1.29, 1.82) is 0 Å². The van der Waals surface area contributed by atoms with E-state index >= 15 is 0 Å². The number of carbonyl (C=O) groups excluding carboxylic acids is 1. The van der Waals surface area contributed by atoms with Crippen molar-refractivity contribution in [3.8, 4) is 11.3 Å². The van der Waals surface area contributed by atoms with Gasteiger partial charge in [0.2, 0.25) is 15.9 Å². The van der Waals surface area contributed by atoms with Crippen molar-refractivity contribution in [1.82, 2.24) is 24.6 Å². The van der Waals surface area contributed by atoms with E-state index in [1.807, 2.05) is 48.5 Å². The number of amides is 1. The Hall–Kier alpha value is -3.89. The molecule has 0 bridgehead atoms. The number of nitrogens with one attached hydrogen (secondary N) is 1. The number of sulfonamides is 1. The first kappa shape index (κ1) is 23.8. The molecule has 0 saturated carbocycles. The standard InChI is InChI=1S/C26H26N6O3S/c1-31-14-15-32(13-12-24(31)33)26-25-23(27-18-28-26)11-10-22(30-25)20-8-5-9-21(16-20)36(34,35)29-17-19-6-3-2-4-7-19/h2-11,16,18,29H,12-15,17H2,1H3. The highest BCUT2D eigenvalue weighted by Gasteiger charge is 2.22. The third kappa shape index (κ3) is 5.05. The highest BCUT2D eigenvalue weighted by Crippen LogP contribution is 2.27. The van der Waals surface area contributed by atoms with Gasteiger partial charge in [-0.3, -0.25) is 4.79 Å². The monoisotopic (exact) mass is 502 g/mol. The molecule has 2 aromatic carbocycles. The van der Waals surface area contributed by atoms with E-state index in [0.717, 1.165) is 5.56 Å². The molecule has 3 heterocycles. The molecule has 0 unspecified atom stereocenters. The number of hydrogen-bond acceptors (Lipinski definition) is 7. The number of hydrogen-bond donors (Lipinski definition) is 1. The largest absolute Gasteiger partial charge is 0.352 e. The Morgan fingerprint density at radius 3 is 2.61 bits per heavy atom. The maximum atomic E-state index is 13.0. The molecule has 4 aromatic rings. The SMILES string of the molecule is CN1CCN(c2ncnc3ccc(-c4cccc(S(=O)(=O)NCc5ccccc5)c4)nc23)CCC1=O. The minimum Gasteiger partial charge on any atom is -0.352 e. The molecule has 36 heavy (non-hydrogen) atoms. The summed E-state index contributed by atoms with van der Waals surface area (Å²) >= 11 is 0. The zero-order valence-electron chi connectivity index (χ0n) is 19.8. The summed E-state index contributed by atoms with van der Waals surface area (Å²) in [6.45, 7) is 1.98. The number of fused-ring (bicyclic) bond motifs is 1. The number of aromatic nitrogens is 3. The minimum atomic E-state index is -3.72. The van der Waals surface area contributed by atoms with Crippen molar-refractivity contribution < 1.29 is 13.2 Å². The Labute approximate surface area is 209 Å². The van der Waals surface area contributed by atoms with Crippen molar-refractivity contribution in [2.75, 3.05) is 31.6 Å². The molecular weight excluding hydrogens is 476 g/mol. The number of likely N-dealkylation sites (N-methyl/N-ethyl adjacent to an activating group) is 1. The van der Waals surface area contributed by atoms with Gasteiger partial charge in [0.05, 0.1) is 16.1 Å². The summed E-state index contributed by atoms with van der Waals surface area (Å²) in [4.78, 5) is 29.7. The molecule has 5 rings (SSSR count). The Morgan fingerprint density at radius 2 is 1.78 bits per heavy atom. The van der Waals surface area contributed by atoms with E-state index in [0.29, 0.717) is 54.2 Å². The molecule has 9 nitrogen and oxygen atoms in total. The lowest BCUT2D eigenvalue weighted by molar-refractivity contribution is -0.129. The van der Waals surface area contributed by atoms with E-state index < -0.39 is 10.0 Å². The Bertz CT molecular complexity index is 1510. The zero-order chi connectivity index (χ0) is 25.1. The van der Waals surface area contributed by atoms with Gasteiger partial charge in [-0.05, 0) is 29.8 Å². The van der Waals surface area contributed by atoms with Crippen molar-refractivity contribution in [3.63, 3.8) is 0 Å². The molecule has 184 valence electrons. The summed E-state index contributed by atoms with van der Waals surface area (Å²) in [5, 5.41) is 0.